The van der Waals surface area contributed by atoms with E-state index in [-0.39, 0.29) is 0 Å². The van der Waals surface area contributed by atoms with Crippen LogP contribution < -0.4 is 4.74 Å². The van der Waals surface area contributed by atoms with Crippen molar-refractivity contribution in [3.63, 3.8) is 0 Å². The number of hydrogen-bond donors (Lipinski definition) is 0. The minimum Gasteiger partial charge on any atom is -0.462 e. The van der Waals surface area contributed by atoms with Crippen molar-refractivity contribution >= 4 is 0 Å². The largest absolute Gasteiger partial charge is 0.462 e. The average molecular weight is 316 g/mol. The first-order chi connectivity index (χ1) is 11.3. The first-order valence-corrected chi connectivity index (χ1v) is 8.25. The third-order valence-electron chi connectivity index (χ3n) is 3.95. The normalized spacial score (nSPS) is 15.7. The van der Waals surface area contributed by atoms with Gasteiger partial charge in [0.15, 0.2) is 0 Å². The third kappa shape index (κ3) is 4.53. The fourth-order valence-corrected chi connectivity index (χ4v) is 2.67. The summed E-state index contributed by atoms with van der Waals surface area (Å²) in [4.78, 5) is 6.82. The number of rotatable bonds is 7. The zero-order valence-corrected chi connectivity index (χ0v) is 13.6. The summed E-state index contributed by atoms with van der Waals surface area (Å²) in [5.74, 6) is 0.833. The zero-order chi connectivity index (χ0) is 15.9. The molecule has 1 aromatic heterocycles. The van der Waals surface area contributed by atoms with Crippen LogP contribution in [0.1, 0.15) is 18.7 Å². The molecule has 0 N–H and O–H groups in total. The first kappa shape index (κ1) is 16.0. The van der Waals surface area contributed by atoms with Gasteiger partial charge in [-0.05, 0) is 38.4 Å². The van der Waals surface area contributed by atoms with E-state index >= 15 is 0 Å². The Morgan fingerprint density at radius 3 is 2.70 bits per heavy atom. The Hall–Kier alpha value is -1.92. The second-order valence-electron chi connectivity index (χ2n) is 5.70. The maximum atomic E-state index is 5.69. The molecule has 1 aromatic carbocycles. The molecule has 1 aliphatic rings. The van der Waals surface area contributed by atoms with E-state index < -0.39 is 0 Å². The summed E-state index contributed by atoms with van der Waals surface area (Å²) in [6.07, 6.45) is 2.13. The van der Waals surface area contributed by atoms with Crippen LogP contribution in [0.25, 0.3) is 5.69 Å². The van der Waals surface area contributed by atoms with Crippen molar-refractivity contribution in [2.24, 2.45) is 0 Å². The predicted molar refractivity (Wildman–Crippen MR) is 88.1 cm³/mol. The molecule has 124 valence electrons. The zero-order valence-electron chi connectivity index (χ0n) is 13.6. The van der Waals surface area contributed by atoms with Gasteiger partial charge in [0.2, 0.25) is 0 Å². The Kier molecular flexibility index (Phi) is 5.60. The lowest BCUT2D eigenvalue weighted by atomic mass is 10.3. The molecule has 0 spiro atoms. The lowest BCUT2D eigenvalue weighted by molar-refractivity contribution is 0.0367. The van der Waals surface area contributed by atoms with Gasteiger partial charge in [0, 0.05) is 13.1 Å². The van der Waals surface area contributed by atoms with Crippen molar-refractivity contribution in [2.45, 2.75) is 19.8 Å². The van der Waals surface area contributed by atoms with E-state index in [1.807, 2.05) is 41.9 Å². The summed E-state index contributed by atoms with van der Waals surface area (Å²) in [6, 6.07) is 10.4. The highest BCUT2D eigenvalue weighted by Crippen LogP contribution is 2.12. The number of aryl methyl sites for hydroxylation is 1. The molecule has 6 heteroatoms. The van der Waals surface area contributed by atoms with Crippen LogP contribution >= 0.6 is 0 Å². The monoisotopic (exact) mass is 316 g/mol. The molecule has 23 heavy (non-hydrogen) atoms. The first-order valence-electron chi connectivity index (χ1n) is 8.25. The molecule has 0 amide bonds. The Balaban J connectivity index is 1.42. The average Bonchev–Trinajstić information content (AvgIpc) is 2.97. The molecule has 2 aromatic rings. The number of unbranched alkanes of at least 4 members (excludes halogenated alkanes) is 1. The van der Waals surface area contributed by atoms with Gasteiger partial charge in [-0.1, -0.05) is 18.2 Å². The van der Waals surface area contributed by atoms with E-state index in [4.69, 9.17) is 9.47 Å². The Morgan fingerprint density at radius 1 is 1.13 bits per heavy atom. The minimum atomic E-state index is 0.456. The third-order valence-corrected chi connectivity index (χ3v) is 3.95. The molecular weight excluding hydrogens is 292 g/mol. The second kappa shape index (κ2) is 8.08. The molecule has 0 unspecified atom stereocenters. The van der Waals surface area contributed by atoms with Crippen LogP contribution in [-0.4, -0.2) is 59.1 Å². The molecule has 2 heterocycles. The predicted octanol–water partition coefficient (Wildman–Crippen LogP) is 2.07. The molecule has 1 aliphatic heterocycles. The molecule has 0 aliphatic carbocycles. The summed E-state index contributed by atoms with van der Waals surface area (Å²) in [5.41, 5.74) is 1.000. The number of para-hydroxylation sites is 1. The van der Waals surface area contributed by atoms with E-state index in [9.17, 15) is 0 Å². The molecule has 6 nitrogen and oxygen atoms in total. The van der Waals surface area contributed by atoms with E-state index in [0.717, 1.165) is 57.2 Å². The van der Waals surface area contributed by atoms with Crippen LogP contribution in [0, 0.1) is 6.92 Å². The van der Waals surface area contributed by atoms with Crippen LogP contribution in [0.5, 0.6) is 6.01 Å². The van der Waals surface area contributed by atoms with Crippen LogP contribution in [0.2, 0.25) is 0 Å². The molecule has 1 fully saturated rings. The number of morpholine rings is 1. The Morgan fingerprint density at radius 2 is 1.91 bits per heavy atom. The lowest BCUT2D eigenvalue weighted by Crippen LogP contribution is -2.36. The maximum absolute atomic E-state index is 5.69. The SMILES string of the molecule is Cc1nc(OCCCCN2CCOCC2)nn1-c1ccccc1. The van der Waals surface area contributed by atoms with Crippen molar-refractivity contribution < 1.29 is 9.47 Å². The van der Waals surface area contributed by atoms with Crippen molar-refractivity contribution in [3.05, 3.63) is 36.2 Å². The van der Waals surface area contributed by atoms with Crippen molar-refractivity contribution in [2.75, 3.05) is 39.5 Å². The summed E-state index contributed by atoms with van der Waals surface area (Å²) < 4.78 is 12.9. The molecular formula is C17H24N4O2. The number of hydrogen-bond acceptors (Lipinski definition) is 5. The smallest absolute Gasteiger partial charge is 0.336 e. The summed E-state index contributed by atoms with van der Waals surface area (Å²) >= 11 is 0. The van der Waals surface area contributed by atoms with E-state index in [1.54, 1.807) is 0 Å². The lowest BCUT2D eigenvalue weighted by Gasteiger charge is -2.26. The maximum Gasteiger partial charge on any atom is 0.336 e. The van der Waals surface area contributed by atoms with Gasteiger partial charge in [0.1, 0.15) is 5.82 Å². The highest BCUT2D eigenvalue weighted by molar-refractivity contribution is 5.31. The van der Waals surface area contributed by atoms with Crippen molar-refractivity contribution in [1.82, 2.24) is 19.7 Å². The fourth-order valence-electron chi connectivity index (χ4n) is 2.67. The highest BCUT2D eigenvalue weighted by atomic mass is 16.5. The van der Waals surface area contributed by atoms with Gasteiger partial charge in [-0.2, -0.15) is 4.98 Å². The van der Waals surface area contributed by atoms with Gasteiger partial charge in [0.05, 0.1) is 25.5 Å². The van der Waals surface area contributed by atoms with E-state index in [0.29, 0.717) is 12.6 Å². The Labute approximate surface area is 137 Å². The molecule has 0 bridgehead atoms. The van der Waals surface area contributed by atoms with Crippen molar-refractivity contribution in [3.8, 4) is 11.7 Å². The van der Waals surface area contributed by atoms with E-state index in [2.05, 4.69) is 15.0 Å². The summed E-state index contributed by atoms with van der Waals surface area (Å²) in [5, 5.41) is 4.42. The van der Waals surface area contributed by atoms with Gasteiger partial charge in [-0.25, -0.2) is 4.68 Å². The van der Waals surface area contributed by atoms with Crippen LogP contribution in [0.4, 0.5) is 0 Å². The second-order valence-corrected chi connectivity index (χ2v) is 5.70. The van der Waals surface area contributed by atoms with Gasteiger partial charge >= 0.3 is 6.01 Å². The fraction of sp³-hybridized carbons (Fsp3) is 0.529. The molecule has 1 saturated heterocycles. The van der Waals surface area contributed by atoms with Gasteiger partial charge in [-0.3, -0.25) is 4.90 Å². The van der Waals surface area contributed by atoms with Crippen LogP contribution in [0.15, 0.2) is 30.3 Å². The number of nitrogens with zero attached hydrogens (tertiary/aromatic N) is 4. The standard InChI is InChI=1S/C17H24N4O2/c1-15-18-17(19-21(15)16-7-3-2-4-8-16)23-12-6-5-9-20-10-13-22-14-11-20/h2-4,7-8H,5-6,9-14H2,1H3. The van der Waals surface area contributed by atoms with Crippen LogP contribution in [0.3, 0.4) is 0 Å². The Bertz CT molecular complexity index is 594. The van der Waals surface area contributed by atoms with Gasteiger partial charge in [-0.15, -0.1) is 5.10 Å². The summed E-state index contributed by atoms with van der Waals surface area (Å²) in [6.45, 7) is 7.50. The van der Waals surface area contributed by atoms with Gasteiger partial charge in [0.25, 0.3) is 0 Å². The van der Waals surface area contributed by atoms with E-state index in [1.165, 1.54) is 0 Å². The molecule has 0 atom stereocenters. The molecule has 0 saturated carbocycles. The molecule has 3 rings (SSSR count). The number of aromatic nitrogens is 3. The summed E-state index contributed by atoms with van der Waals surface area (Å²) in [7, 11) is 0. The highest BCUT2D eigenvalue weighted by Gasteiger charge is 2.10. The van der Waals surface area contributed by atoms with Gasteiger partial charge < -0.3 is 9.47 Å². The topological polar surface area (TPSA) is 52.4 Å². The number of benzene rings is 1. The minimum absolute atomic E-state index is 0.456. The number of ether oxygens (including phenoxy) is 2. The van der Waals surface area contributed by atoms with Crippen molar-refractivity contribution in [1.29, 1.82) is 0 Å². The van der Waals surface area contributed by atoms with Crippen LogP contribution in [-0.2, 0) is 4.74 Å². The molecule has 0 radical (unpaired) electrons. The quantitative estimate of drug-likeness (QED) is 0.732.